The van der Waals surface area contributed by atoms with Crippen molar-refractivity contribution in [3.8, 4) is 23.3 Å². The second-order valence-corrected chi connectivity index (χ2v) is 4.21. The lowest BCUT2D eigenvalue weighted by Crippen LogP contribution is -1.99. The molecular weight excluding hydrogens is 236 g/mol. The largest absolute Gasteiger partial charge is 0.493 e. The molecule has 0 heterocycles. The van der Waals surface area contributed by atoms with Gasteiger partial charge in [0.15, 0.2) is 11.5 Å². The molecule has 0 aromatic heterocycles. The van der Waals surface area contributed by atoms with Gasteiger partial charge in [0.05, 0.1) is 14.2 Å². The molecule has 2 nitrogen and oxygen atoms in total. The van der Waals surface area contributed by atoms with Crippen molar-refractivity contribution in [2.45, 2.75) is 20.3 Å². The molecule has 0 radical (unpaired) electrons. The SMILES string of the molecule is CC#CC(C)Cc1cc(OC)c(OC)cc1Cl. The van der Waals surface area contributed by atoms with Crippen molar-refractivity contribution < 1.29 is 9.47 Å². The minimum atomic E-state index is 0.274. The number of rotatable bonds is 4. The molecule has 1 aromatic carbocycles. The van der Waals surface area contributed by atoms with Crippen molar-refractivity contribution in [2.75, 3.05) is 14.2 Å². The van der Waals surface area contributed by atoms with Crippen LogP contribution in [0.1, 0.15) is 19.4 Å². The summed E-state index contributed by atoms with van der Waals surface area (Å²) in [7, 11) is 3.21. The summed E-state index contributed by atoms with van der Waals surface area (Å²) in [4.78, 5) is 0. The first-order chi connectivity index (χ1) is 8.12. The highest BCUT2D eigenvalue weighted by Crippen LogP contribution is 2.33. The van der Waals surface area contributed by atoms with Crippen molar-refractivity contribution in [3.63, 3.8) is 0 Å². The van der Waals surface area contributed by atoms with E-state index in [1.807, 2.05) is 13.0 Å². The summed E-state index contributed by atoms with van der Waals surface area (Å²) in [6.07, 6.45) is 0.806. The first-order valence-corrected chi connectivity index (χ1v) is 5.82. The van der Waals surface area contributed by atoms with Gasteiger partial charge >= 0.3 is 0 Å². The fourth-order valence-electron chi connectivity index (χ4n) is 1.68. The van der Waals surface area contributed by atoms with Crippen LogP contribution in [-0.4, -0.2) is 14.2 Å². The Balaban J connectivity index is 3.03. The van der Waals surface area contributed by atoms with Crippen molar-refractivity contribution in [1.82, 2.24) is 0 Å². The molecule has 1 rings (SSSR count). The third-order valence-electron chi connectivity index (χ3n) is 2.47. The molecule has 0 fully saturated rings. The van der Waals surface area contributed by atoms with Gasteiger partial charge in [-0.1, -0.05) is 18.5 Å². The van der Waals surface area contributed by atoms with Gasteiger partial charge in [0.1, 0.15) is 0 Å². The quantitative estimate of drug-likeness (QED) is 0.763. The average Bonchev–Trinajstić information content (AvgIpc) is 2.31. The number of methoxy groups -OCH3 is 2. The Morgan fingerprint density at radius 2 is 1.82 bits per heavy atom. The van der Waals surface area contributed by atoms with E-state index in [-0.39, 0.29) is 5.92 Å². The lowest BCUT2D eigenvalue weighted by Gasteiger charge is -2.12. The molecule has 0 saturated carbocycles. The highest BCUT2D eigenvalue weighted by Gasteiger charge is 2.11. The molecule has 92 valence electrons. The molecule has 0 amide bonds. The third kappa shape index (κ3) is 3.57. The third-order valence-corrected chi connectivity index (χ3v) is 2.82. The van der Waals surface area contributed by atoms with E-state index in [1.54, 1.807) is 20.3 Å². The minimum Gasteiger partial charge on any atom is -0.493 e. The van der Waals surface area contributed by atoms with Crippen LogP contribution in [0.2, 0.25) is 5.02 Å². The van der Waals surface area contributed by atoms with Crippen LogP contribution in [0, 0.1) is 17.8 Å². The van der Waals surface area contributed by atoms with Crippen LogP contribution in [0.15, 0.2) is 12.1 Å². The number of benzene rings is 1. The van der Waals surface area contributed by atoms with Gasteiger partial charge in [0, 0.05) is 17.0 Å². The summed E-state index contributed by atoms with van der Waals surface area (Å²) in [5.74, 6) is 7.64. The number of halogens is 1. The Morgan fingerprint density at radius 1 is 1.24 bits per heavy atom. The maximum Gasteiger partial charge on any atom is 0.162 e. The molecule has 17 heavy (non-hydrogen) atoms. The number of ether oxygens (including phenoxy) is 2. The fraction of sp³-hybridized carbons (Fsp3) is 0.429. The van der Waals surface area contributed by atoms with Gasteiger partial charge < -0.3 is 9.47 Å². The van der Waals surface area contributed by atoms with Crippen LogP contribution in [0.25, 0.3) is 0 Å². The summed E-state index contributed by atoms with van der Waals surface area (Å²) in [6.45, 7) is 3.91. The lowest BCUT2D eigenvalue weighted by atomic mass is 10.0. The minimum absolute atomic E-state index is 0.274. The highest BCUT2D eigenvalue weighted by molar-refractivity contribution is 6.31. The smallest absolute Gasteiger partial charge is 0.162 e. The summed E-state index contributed by atoms with van der Waals surface area (Å²) < 4.78 is 10.4. The first kappa shape index (κ1) is 13.7. The molecule has 0 saturated heterocycles. The van der Waals surface area contributed by atoms with Crippen molar-refractivity contribution >= 4 is 11.6 Å². The van der Waals surface area contributed by atoms with E-state index in [4.69, 9.17) is 21.1 Å². The van der Waals surface area contributed by atoms with Gasteiger partial charge in [0.2, 0.25) is 0 Å². The Morgan fingerprint density at radius 3 is 2.35 bits per heavy atom. The molecule has 3 heteroatoms. The second kappa shape index (κ2) is 6.42. The summed E-state index contributed by atoms with van der Waals surface area (Å²) >= 11 is 6.20. The van der Waals surface area contributed by atoms with Gasteiger partial charge in [0.25, 0.3) is 0 Å². The van der Waals surface area contributed by atoms with Crippen LogP contribution >= 0.6 is 11.6 Å². The summed E-state index contributed by atoms with van der Waals surface area (Å²) in [5.41, 5.74) is 1.03. The van der Waals surface area contributed by atoms with Gasteiger partial charge in [-0.15, -0.1) is 11.8 Å². The number of hydrogen-bond acceptors (Lipinski definition) is 2. The maximum atomic E-state index is 6.20. The normalized spacial score (nSPS) is 11.4. The molecule has 0 aliphatic heterocycles. The Hall–Kier alpha value is -1.33. The molecule has 1 aromatic rings. The molecule has 0 bridgehead atoms. The standard InChI is InChI=1S/C14H17ClO2/c1-5-6-10(2)7-11-8-13(16-3)14(17-4)9-12(11)15/h8-10H,7H2,1-4H3. The molecule has 0 aliphatic carbocycles. The summed E-state index contributed by atoms with van der Waals surface area (Å²) in [5, 5.41) is 0.687. The zero-order valence-electron chi connectivity index (χ0n) is 10.6. The van der Waals surface area contributed by atoms with Crippen LogP contribution in [-0.2, 0) is 6.42 Å². The highest BCUT2D eigenvalue weighted by atomic mass is 35.5. The van der Waals surface area contributed by atoms with Crippen molar-refractivity contribution in [3.05, 3.63) is 22.7 Å². The van der Waals surface area contributed by atoms with Crippen LogP contribution in [0.5, 0.6) is 11.5 Å². The zero-order chi connectivity index (χ0) is 12.8. The fourth-order valence-corrected chi connectivity index (χ4v) is 1.91. The molecule has 1 atom stereocenters. The Kier molecular flexibility index (Phi) is 5.18. The van der Waals surface area contributed by atoms with Crippen LogP contribution < -0.4 is 9.47 Å². The molecular formula is C14H17ClO2. The van der Waals surface area contributed by atoms with E-state index in [9.17, 15) is 0 Å². The van der Waals surface area contributed by atoms with Crippen LogP contribution in [0.4, 0.5) is 0 Å². The van der Waals surface area contributed by atoms with E-state index in [1.165, 1.54) is 0 Å². The van der Waals surface area contributed by atoms with Crippen molar-refractivity contribution in [1.29, 1.82) is 0 Å². The maximum absolute atomic E-state index is 6.20. The Labute approximate surface area is 108 Å². The van der Waals surface area contributed by atoms with Gasteiger partial charge in [-0.2, -0.15) is 0 Å². The van der Waals surface area contributed by atoms with E-state index in [2.05, 4.69) is 18.8 Å². The average molecular weight is 253 g/mol. The lowest BCUT2D eigenvalue weighted by molar-refractivity contribution is 0.354. The van der Waals surface area contributed by atoms with Crippen LogP contribution in [0.3, 0.4) is 0 Å². The molecule has 0 aliphatic rings. The molecule has 1 unspecified atom stereocenters. The summed E-state index contributed by atoms with van der Waals surface area (Å²) in [6, 6.07) is 3.69. The second-order valence-electron chi connectivity index (χ2n) is 3.80. The number of hydrogen-bond donors (Lipinski definition) is 0. The topological polar surface area (TPSA) is 18.5 Å². The molecule has 0 N–H and O–H groups in total. The zero-order valence-corrected chi connectivity index (χ0v) is 11.4. The van der Waals surface area contributed by atoms with Gasteiger partial charge in [-0.3, -0.25) is 0 Å². The van der Waals surface area contributed by atoms with E-state index < -0.39 is 0 Å². The monoisotopic (exact) mass is 252 g/mol. The predicted octanol–water partition coefficient (Wildman–Crippen LogP) is 3.56. The van der Waals surface area contributed by atoms with E-state index in [0.717, 1.165) is 12.0 Å². The van der Waals surface area contributed by atoms with E-state index >= 15 is 0 Å². The van der Waals surface area contributed by atoms with Gasteiger partial charge in [-0.25, -0.2) is 0 Å². The van der Waals surface area contributed by atoms with E-state index in [0.29, 0.717) is 16.5 Å². The predicted molar refractivity (Wildman–Crippen MR) is 70.9 cm³/mol. The van der Waals surface area contributed by atoms with Gasteiger partial charge in [-0.05, 0) is 25.0 Å². The first-order valence-electron chi connectivity index (χ1n) is 5.45. The molecule has 0 spiro atoms. The van der Waals surface area contributed by atoms with Crippen molar-refractivity contribution in [2.24, 2.45) is 5.92 Å². The Bertz CT molecular complexity index is 444.